The summed E-state index contributed by atoms with van der Waals surface area (Å²) in [5.74, 6) is -10.5. The van der Waals surface area contributed by atoms with Crippen molar-refractivity contribution in [3.63, 3.8) is 0 Å². The van der Waals surface area contributed by atoms with Crippen LogP contribution in [-0.2, 0) is 75.1 Å². The number of nitrogens with zero attached hydrogens (tertiary/aromatic N) is 8. The average Bonchev–Trinajstić information content (AvgIpc) is 0.823. The number of likely N-dealkylation sites (N-methyl/N-ethyl adjacent to an activating group) is 6. The summed E-state index contributed by atoms with van der Waals surface area (Å²) >= 11 is 6.51. The lowest BCUT2D eigenvalue weighted by Crippen LogP contribution is -2.62. The lowest BCUT2D eigenvalue weighted by Gasteiger charge is -2.37. The summed E-state index contributed by atoms with van der Waals surface area (Å²) in [5.41, 5.74) is 1.16. The van der Waals surface area contributed by atoms with Crippen LogP contribution in [0.25, 0.3) is 0 Å². The predicted molar refractivity (Wildman–Crippen MR) is 392 cm³/mol. The third-order valence-electron chi connectivity index (χ3n) is 19.1. The Morgan fingerprint density at radius 1 is 0.544 bits per heavy atom. The lowest BCUT2D eigenvalue weighted by molar-refractivity contribution is -0.151. The molecular weight excluding hydrogens is 1340 g/mol. The van der Waals surface area contributed by atoms with Crippen LogP contribution in [0.5, 0.6) is 0 Å². The standard InChI is InChI=1S/C75H119ClN12O15/c1-18-19-32-88-44-64(93)83(14)61(41-53-29-26-30-54(76)39-53)73(100)85(16)58(37-47(4)5)68(95)78-56(45-103-35-31-50(10)89)71(98)84(15)57(36-46(2)3)67(94)77-55(72(99)87-33-24-21-25-34-87)42-62(91)81(12)43-63(92)82(13)60(40-52-27-22-20-23-28-52)70(97)79-65(49(8)9)74(101)86(17)59(38-48(6)7)69(96)80-66(51(11)90)75(88)102/h20,22-23,26-30,39,46-51,55-61,65-66,89-90H,18-19,21,24-25,31-38,40-45H2,1-17H3,(H,77,94)(H,78,95)(H,79,97)(H,80,96)/t50-,51+,55-,56-,57-,58-,59-,60-,61-,65-,66-/m0/s1. The van der Waals surface area contributed by atoms with Crippen molar-refractivity contribution in [1.82, 2.24) is 60.5 Å². The fourth-order valence-corrected chi connectivity index (χ4v) is 12.8. The molecule has 6 N–H and O–H groups in total. The number of hydrogen-bond acceptors (Lipinski definition) is 15. The first-order valence-corrected chi connectivity index (χ1v) is 36.8. The highest BCUT2D eigenvalue weighted by atomic mass is 35.5. The minimum Gasteiger partial charge on any atom is -0.393 e. The highest BCUT2D eigenvalue weighted by Crippen LogP contribution is 2.24. The molecule has 2 heterocycles. The number of aliphatic hydroxyl groups is 2. The first kappa shape index (κ1) is 87.7. The summed E-state index contributed by atoms with van der Waals surface area (Å²) < 4.78 is 5.97. The zero-order valence-corrected chi connectivity index (χ0v) is 64.7. The third-order valence-corrected chi connectivity index (χ3v) is 19.3. The quantitative estimate of drug-likeness (QED) is 0.0972. The molecule has 11 atom stereocenters. The number of amides is 12. The summed E-state index contributed by atoms with van der Waals surface area (Å²) in [6.07, 6.45) is 0.0911. The topological polar surface area (TPSA) is 329 Å². The van der Waals surface area contributed by atoms with Crippen molar-refractivity contribution in [2.75, 3.05) is 88.2 Å². The van der Waals surface area contributed by atoms with Crippen molar-refractivity contribution in [1.29, 1.82) is 0 Å². The Morgan fingerprint density at radius 2 is 1.04 bits per heavy atom. The summed E-state index contributed by atoms with van der Waals surface area (Å²) in [4.78, 5) is 190. The second-order valence-corrected chi connectivity index (χ2v) is 30.0. The van der Waals surface area contributed by atoms with Gasteiger partial charge in [-0.1, -0.05) is 123 Å². The highest BCUT2D eigenvalue weighted by molar-refractivity contribution is 6.30. The van der Waals surface area contributed by atoms with E-state index in [-0.39, 0.29) is 69.4 Å². The number of halogens is 1. The van der Waals surface area contributed by atoms with Gasteiger partial charge in [0.15, 0.2) is 0 Å². The van der Waals surface area contributed by atoms with Gasteiger partial charge in [-0.15, -0.1) is 0 Å². The number of nitrogens with one attached hydrogen (secondary N) is 4. The molecule has 576 valence electrons. The number of likely N-dealkylation sites (tertiary alicyclic amines) is 1. The van der Waals surface area contributed by atoms with Gasteiger partial charge in [0.1, 0.15) is 54.4 Å². The maximum atomic E-state index is 15.5. The van der Waals surface area contributed by atoms with E-state index in [0.717, 1.165) is 21.1 Å². The number of rotatable bonds is 21. The highest BCUT2D eigenvalue weighted by Gasteiger charge is 2.43. The van der Waals surface area contributed by atoms with Crippen LogP contribution in [0.2, 0.25) is 5.02 Å². The van der Waals surface area contributed by atoms with E-state index in [2.05, 4.69) is 21.3 Å². The Hall–Kier alpha value is -7.75. The van der Waals surface area contributed by atoms with Gasteiger partial charge in [0.05, 0.1) is 38.3 Å². The minimum atomic E-state index is -1.68. The van der Waals surface area contributed by atoms with Crippen molar-refractivity contribution in [3.8, 4) is 0 Å². The van der Waals surface area contributed by atoms with Crippen LogP contribution < -0.4 is 21.3 Å². The number of carbonyl (C=O) groups is 12. The maximum Gasteiger partial charge on any atom is 0.248 e. The van der Waals surface area contributed by atoms with Crippen molar-refractivity contribution in [3.05, 3.63) is 70.7 Å². The molecule has 0 unspecified atom stereocenters. The van der Waals surface area contributed by atoms with Gasteiger partial charge < -0.3 is 75.4 Å². The molecule has 0 saturated carbocycles. The molecule has 2 fully saturated rings. The Kier molecular flexibility index (Phi) is 36.0. The molecule has 28 heteroatoms. The molecule has 12 amide bonds. The smallest absolute Gasteiger partial charge is 0.248 e. The number of benzene rings is 2. The van der Waals surface area contributed by atoms with E-state index in [0.29, 0.717) is 54.9 Å². The molecule has 27 nitrogen and oxygen atoms in total. The fourth-order valence-electron chi connectivity index (χ4n) is 12.6. The van der Waals surface area contributed by atoms with E-state index in [1.54, 1.807) is 80.3 Å². The number of hydrogen-bond donors (Lipinski definition) is 6. The molecular formula is C75H119ClN12O15. The number of carbonyl (C=O) groups excluding carboxylic acids is 12. The Balaban J connectivity index is 2.00. The van der Waals surface area contributed by atoms with Crippen molar-refractivity contribution in [2.24, 2.45) is 23.7 Å². The Labute approximate surface area is 615 Å². The lowest BCUT2D eigenvalue weighted by atomic mass is 9.97. The number of piperidine rings is 1. The van der Waals surface area contributed by atoms with E-state index in [9.17, 15) is 34.2 Å². The van der Waals surface area contributed by atoms with E-state index in [1.165, 1.54) is 68.8 Å². The summed E-state index contributed by atoms with van der Waals surface area (Å²) in [7, 11) is 8.26. The molecule has 103 heavy (non-hydrogen) atoms. The fraction of sp³-hybridized carbons (Fsp3) is 0.680. The van der Waals surface area contributed by atoms with Gasteiger partial charge in [-0.2, -0.15) is 0 Å². The van der Waals surface area contributed by atoms with Gasteiger partial charge >= 0.3 is 0 Å². The molecule has 0 radical (unpaired) electrons. The number of ether oxygens (including phenoxy) is 1. The molecule has 2 aromatic rings. The maximum absolute atomic E-state index is 15.5. The number of unbranched alkanes of at least 4 members (excludes halogenated alkanes) is 1. The summed E-state index contributed by atoms with van der Waals surface area (Å²) in [5, 5.41) is 33.2. The van der Waals surface area contributed by atoms with E-state index < -0.39 is 170 Å². The van der Waals surface area contributed by atoms with Gasteiger partial charge in [0.2, 0.25) is 70.9 Å². The van der Waals surface area contributed by atoms with Crippen LogP contribution in [0.4, 0.5) is 0 Å². The van der Waals surface area contributed by atoms with Crippen LogP contribution in [0, 0.1) is 23.7 Å². The molecule has 0 bridgehead atoms. The first-order valence-electron chi connectivity index (χ1n) is 36.5. The summed E-state index contributed by atoms with van der Waals surface area (Å²) in [6, 6.07) is 2.72. The van der Waals surface area contributed by atoms with Gasteiger partial charge in [-0.05, 0) is 112 Å². The molecule has 2 aromatic carbocycles. The molecule has 2 aliphatic heterocycles. The van der Waals surface area contributed by atoms with E-state index in [4.69, 9.17) is 16.3 Å². The van der Waals surface area contributed by atoms with Crippen molar-refractivity contribution >= 4 is 82.5 Å². The van der Waals surface area contributed by atoms with Gasteiger partial charge in [0, 0.05) is 86.4 Å². The second-order valence-electron chi connectivity index (χ2n) is 29.6. The second kappa shape index (κ2) is 42.3. The van der Waals surface area contributed by atoms with Crippen LogP contribution in [0.15, 0.2) is 54.6 Å². The summed E-state index contributed by atoms with van der Waals surface area (Å²) in [6.45, 7) is 17.9. The molecule has 0 spiro atoms. The van der Waals surface area contributed by atoms with E-state index in [1.807, 2.05) is 48.5 Å². The normalized spacial score (nSPS) is 24.3. The molecule has 0 aliphatic carbocycles. The van der Waals surface area contributed by atoms with Crippen LogP contribution in [0.3, 0.4) is 0 Å². The third kappa shape index (κ3) is 26.7. The largest absolute Gasteiger partial charge is 0.393 e. The molecule has 4 rings (SSSR count). The SMILES string of the molecule is CCCCN1CC(=O)N(C)[C@@H](Cc2cccc(Cl)c2)C(=O)N(C)[C@@H](CC(C)C)C(=O)N[C@@H](COCC[C@H](C)O)C(=O)N(C)[C@@H](CC(C)C)C(=O)N[C@H](C(=O)N2CCCCC2)CC(=O)N(C)CC(=O)N(C)[C@@H](Cc2ccccc2)C(=O)N[C@@H](C(C)C)C(=O)N(C)[C@@H](CC(C)C)C(=O)N[C@@H]([C@@H](C)O)C1=O. The Bertz CT molecular complexity index is 3170. The number of aliphatic hydroxyl groups excluding tert-OH is 2. The molecule has 2 aliphatic rings. The van der Waals surface area contributed by atoms with Crippen molar-refractivity contribution in [2.45, 2.75) is 220 Å². The van der Waals surface area contributed by atoms with Gasteiger partial charge in [-0.3, -0.25) is 57.5 Å². The monoisotopic (exact) mass is 1460 g/mol. The first-order chi connectivity index (χ1) is 48.4. The predicted octanol–water partition coefficient (Wildman–Crippen LogP) is 3.67. The van der Waals surface area contributed by atoms with Gasteiger partial charge in [0.25, 0.3) is 0 Å². The van der Waals surface area contributed by atoms with E-state index >= 15 is 33.6 Å². The molecule has 2 saturated heterocycles. The van der Waals surface area contributed by atoms with Crippen LogP contribution >= 0.6 is 11.6 Å². The van der Waals surface area contributed by atoms with Crippen LogP contribution in [0.1, 0.15) is 151 Å². The van der Waals surface area contributed by atoms with Gasteiger partial charge in [-0.25, -0.2) is 0 Å². The van der Waals surface area contributed by atoms with Crippen LogP contribution in [-0.4, -0.2) is 275 Å². The van der Waals surface area contributed by atoms with Crippen molar-refractivity contribution < 1.29 is 72.5 Å². The molecule has 0 aromatic heterocycles. The zero-order chi connectivity index (χ0) is 77.3. The zero-order valence-electron chi connectivity index (χ0n) is 63.9. The Morgan fingerprint density at radius 3 is 1.57 bits per heavy atom. The minimum absolute atomic E-state index is 0.0196. The average molecular weight is 1460 g/mol.